The van der Waals surface area contributed by atoms with Gasteiger partial charge in [-0.2, -0.15) is 0 Å². The summed E-state index contributed by atoms with van der Waals surface area (Å²) < 4.78 is 28.3. The lowest BCUT2D eigenvalue weighted by Gasteiger charge is -2.28. The first-order valence-electron chi connectivity index (χ1n) is 6.86. The maximum atomic E-state index is 14.1. The van der Waals surface area contributed by atoms with E-state index in [4.69, 9.17) is 5.73 Å². The Bertz CT molecular complexity index is 432. The molecule has 0 aromatic heterocycles. The zero-order chi connectivity index (χ0) is 14.2. The summed E-state index contributed by atoms with van der Waals surface area (Å²) in [5.41, 5.74) is 6.35. The van der Waals surface area contributed by atoms with E-state index in [-0.39, 0.29) is 17.8 Å². The lowest BCUT2D eigenvalue weighted by Crippen LogP contribution is -2.32. The van der Waals surface area contributed by atoms with Crippen molar-refractivity contribution < 1.29 is 8.78 Å². The Morgan fingerprint density at radius 1 is 1.26 bits per heavy atom. The average Bonchev–Trinajstić information content (AvgIpc) is 3.09. The molecule has 0 amide bonds. The van der Waals surface area contributed by atoms with Gasteiger partial charge in [0, 0.05) is 19.1 Å². The summed E-state index contributed by atoms with van der Waals surface area (Å²) in [6.45, 7) is 3.84. The second-order valence-corrected chi connectivity index (χ2v) is 5.78. The SMILES string of the molecule is CC(N)Cc1cc(F)c(N(C)C(C)C2CC2)c(F)c1. The Labute approximate surface area is 113 Å². The van der Waals surface area contributed by atoms with Gasteiger partial charge in [-0.05, 0) is 56.7 Å². The van der Waals surface area contributed by atoms with Gasteiger partial charge in [-0.3, -0.25) is 0 Å². The van der Waals surface area contributed by atoms with Crippen molar-refractivity contribution in [2.45, 2.75) is 45.2 Å². The maximum Gasteiger partial charge on any atom is 0.149 e. The largest absolute Gasteiger partial charge is 0.367 e. The first-order chi connectivity index (χ1) is 8.90. The highest BCUT2D eigenvalue weighted by Gasteiger charge is 2.32. The molecule has 2 nitrogen and oxygen atoms in total. The highest BCUT2D eigenvalue weighted by atomic mass is 19.1. The minimum atomic E-state index is -0.495. The van der Waals surface area contributed by atoms with E-state index in [1.165, 1.54) is 12.1 Å². The molecule has 0 saturated heterocycles. The quantitative estimate of drug-likeness (QED) is 0.889. The molecule has 2 atom stereocenters. The van der Waals surface area contributed by atoms with Gasteiger partial charge in [-0.25, -0.2) is 8.78 Å². The van der Waals surface area contributed by atoms with Crippen LogP contribution in [0.2, 0.25) is 0 Å². The zero-order valence-corrected chi connectivity index (χ0v) is 11.8. The molecule has 0 bridgehead atoms. The van der Waals surface area contributed by atoms with Gasteiger partial charge in [-0.1, -0.05) is 0 Å². The highest BCUT2D eigenvalue weighted by molar-refractivity contribution is 5.51. The first kappa shape index (κ1) is 14.3. The second-order valence-electron chi connectivity index (χ2n) is 5.78. The third-order valence-electron chi connectivity index (χ3n) is 3.90. The molecule has 1 aliphatic rings. The van der Waals surface area contributed by atoms with Crippen LogP contribution < -0.4 is 10.6 Å². The van der Waals surface area contributed by atoms with E-state index < -0.39 is 11.6 Å². The summed E-state index contributed by atoms with van der Waals surface area (Å²) in [6, 6.07) is 2.87. The standard InChI is InChI=1S/C15H22F2N2/c1-9(18)6-11-7-13(16)15(14(17)8-11)19(3)10(2)12-4-5-12/h7-10,12H,4-6,18H2,1-3H3. The number of anilines is 1. The van der Waals surface area contributed by atoms with Crippen LogP contribution in [0.1, 0.15) is 32.3 Å². The molecule has 0 aliphatic heterocycles. The van der Waals surface area contributed by atoms with E-state index in [1.54, 1.807) is 11.9 Å². The number of hydrogen-bond donors (Lipinski definition) is 1. The normalized spacial score (nSPS) is 18.2. The van der Waals surface area contributed by atoms with E-state index in [0.717, 1.165) is 12.8 Å². The molecular formula is C15H22F2N2. The van der Waals surface area contributed by atoms with Crippen LogP contribution in [0.5, 0.6) is 0 Å². The molecule has 1 aliphatic carbocycles. The first-order valence-corrected chi connectivity index (χ1v) is 6.86. The van der Waals surface area contributed by atoms with Crippen LogP contribution in [0.3, 0.4) is 0 Å². The van der Waals surface area contributed by atoms with Gasteiger partial charge in [0.25, 0.3) is 0 Å². The van der Waals surface area contributed by atoms with E-state index in [2.05, 4.69) is 0 Å². The highest BCUT2D eigenvalue weighted by Crippen LogP contribution is 2.37. The van der Waals surface area contributed by atoms with Gasteiger partial charge in [0.05, 0.1) is 0 Å². The molecule has 1 saturated carbocycles. The van der Waals surface area contributed by atoms with E-state index in [1.807, 2.05) is 13.8 Å². The van der Waals surface area contributed by atoms with Crippen LogP contribution in [0, 0.1) is 17.6 Å². The number of hydrogen-bond acceptors (Lipinski definition) is 2. The molecule has 4 heteroatoms. The minimum absolute atomic E-state index is 0.0767. The number of rotatable bonds is 5. The maximum absolute atomic E-state index is 14.1. The zero-order valence-electron chi connectivity index (χ0n) is 11.8. The number of nitrogens with two attached hydrogens (primary N) is 1. The van der Waals surface area contributed by atoms with Crippen LogP contribution in [0.4, 0.5) is 14.5 Å². The van der Waals surface area contributed by atoms with E-state index in [9.17, 15) is 8.78 Å². The molecule has 0 radical (unpaired) electrons. The predicted molar refractivity (Wildman–Crippen MR) is 74.3 cm³/mol. The van der Waals surface area contributed by atoms with Gasteiger partial charge in [0.15, 0.2) is 0 Å². The van der Waals surface area contributed by atoms with Crippen LogP contribution in [0.25, 0.3) is 0 Å². The molecule has 0 spiro atoms. The second kappa shape index (κ2) is 5.45. The molecular weight excluding hydrogens is 246 g/mol. The van der Waals surface area contributed by atoms with Crippen molar-refractivity contribution in [3.05, 3.63) is 29.3 Å². The molecule has 106 valence electrons. The predicted octanol–water partition coefficient (Wildman–Crippen LogP) is 3.09. The van der Waals surface area contributed by atoms with Crippen molar-refractivity contribution in [3.63, 3.8) is 0 Å². The van der Waals surface area contributed by atoms with Gasteiger partial charge in [0.2, 0.25) is 0 Å². The fourth-order valence-corrected chi connectivity index (χ4v) is 2.54. The van der Waals surface area contributed by atoms with Crippen molar-refractivity contribution in [3.8, 4) is 0 Å². The van der Waals surface area contributed by atoms with Crippen molar-refractivity contribution in [2.75, 3.05) is 11.9 Å². The molecule has 2 unspecified atom stereocenters. The van der Waals surface area contributed by atoms with Crippen molar-refractivity contribution in [1.29, 1.82) is 0 Å². The Morgan fingerprint density at radius 2 is 1.79 bits per heavy atom. The number of benzene rings is 1. The van der Waals surface area contributed by atoms with Crippen LogP contribution in [-0.2, 0) is 6.42 Å². The van der Waals surface area contributed by atoms with Crippen LogP contribution in [0.15, 0.2) is 12.1 Å². The molecule has 1 aromatic rings. The molecule has 19 heavy (non-hydrogen) atoms. The Hall–Kier alpha value is -1.16. The van der Waals surface area contributed by atoms with Gasteiger partial charge < -0.3 is 10.6 Å². The minimum Gasteiger partial charge on any atom is -0.367 e. The van der Waals surface area contributed by atoms with Crippen molar-refractivity contribution in [1.82, 2.24) is 0 Å². The molecule has 1 aromatic carbocycles. The van der Waals surface area contributed by atoms with Crippen molar-refractivity contribution in [2.24, 2.45) is 11.7 Å². The lowest BCUT2D eigenvalue weighted by molar-refractivity contribution is 0.539. The number of halogens is 2. The summed E-state index contributed by atoms with van der Waals surface area (Å²) in [4.78, 5) is 1.72. The molecule has 1 fully saturated rings. The third-order valence-corrected chi connectivity index (χ3v) is 3.90. The summed E-state index contributed by atoms with van der Waals surface area (Å²) >= 11 is 0. The third kappa shape index (κ3) is 3.24. The summed E-state index contributed by atoms with van der Waals surface area (Å²) in [6.07, 6.45) is 2.78. The average molecular weight is 268 g/mol. The van der Waals surface area contributed by atoms with Gasteiger partial charge in [0.1, 0.15) is 17.3 Å². The van der Waals surface area contributed by atoms with Crippen molar-refractivity contribution >= 4 is 5.69 Å². The van der Waals surface area contributed by atoms with Gasteiger partial charge >= 0.3 is 0 Å². The van der Waals surface area contributed by atoms with Gasteiger partial charge in [-0.15, -0.1) is 0 Å². The fraction of sp³-hybridized carbons (Fsp3) is 0.600. The fourth-order valence-electron chi connectivity index (χ4n) is 2.54. The topological polar surface area (TPSA) is 29.3 Å². The monoisotopic (exact) mass is 268 g/mol. The summed E-state index contributed by atoms with van der Waals surface area (Å²) in [5, 5.41) is 0. The van der Waals surface area contributed by atoms with E-state index >= 15 is 0 Å². The Kier molecular flexibility index (Phi) is 4.09. The molecule has 2 N–H and O–H groups in total. The van der Waals surface area contributed by atoms with E-state index in [0.29, 0.717) is 17.9 Å². The number of nitrogens with zero attached hydrogens (tertiary/aromatic N) is 1. The smallest absolute Gasteiger partial charge is 0.149 e. The van der Waals surface area contributed by atoms with Crippen LogP contribution in [-0.4, -0.2) is 19.1 Å². The summed E-state index contributed by atoms with van der Waals surface area (Å²) in [5.74, 6) is -0.427. The molecule has 0 heterocycles. The lowest BCUT2D eigenvalue weighted by atomic mass is 10.1. The summed E-state index contributed by atoms with van der Waals surface area (Å²) in [7, 11) is 1.76. The Balaban J connectivity index is 2.25. The van der Waals surface area contributed by atoms with Crippen LogP contribution >= 0.6 is 0 Å². The molecule has 2 rings (SSSR count). The Morgan fingerprint density at radius 3 is 2.21 bits per heavy atom.